The summed E-state index contributed by atoms with van der Waals surface area (Å²) in [7, 11) is 0. The first-order valence-electron chi connectivity index (χ1n) is 8.76. The van der Waals surface area contributed by atoms with E-state index < -0.39 is 11.4 Å². The lowest BCUT2D eigenvalue weighted by Crippen LogP contribution is -2.42. The van der Waals surface area contributed by atoms with E-state index in [4.69, 9.17) is 0 Å². The maximum Gasteiger partial charge on any atom is 0.313 e. The molecule has 0 radical (unpaired) electrons. The van der Waals surface area contributed by atoms with Crippen molar-refractivity contribution in [1.29, 1.82) is 5.26 Å². The van der Waals surface area contributed by atoms with Crippen LogP contribution in [0, 0.1) is 28.6 Å². The van der Waals surface area contributed by atoms with Crippen LogP contribution in [-0.2, 0) is 16.1 Å². The van der Waals surface area contributed by atoms with E-state index in [9.17, 15) is 20.0 Å². The molecule has 0 aromatic heterocycles. The Labute approximate surface area is 146 Å². The summed E-state index contributed by atoms with van der Waals surface area (Å²) in [4.78, 5) is 28.3. The van der Waals surface area contributed by atoms with Crippen molar-refractivity contribution in [2.75, 3.05) is 26.2 Å². The van der Waals surface area contributed by atoms with Crippen LogP contribution in [0.15, 0.2) is 24.3 Å². The van der Waals surface area contributed by atoms with E-state index in [-0.39, 0.29) is 17.7 Å². The van der Waals surface area contributed by atoms with E-state index >= 15 is 0 Å². The number of nitriles is 1. The minimum atomic E-state index is -0.869. The van der Waals surface area contributed by atoms with Crippen molar-refractivity contribution in [2.45, 2.75) is 19.4 Å². The predicted octanol–water partition coefficient (Wildman–Crippen LogP) is 1.31. The Balaban J connectivity index is 1.51. The van der Waals surface area contributed by atoms with Crippen LogP contribution >= 0.6 is 0 Å². The average molecular weight is 339 g/mol. The summed E-state index contributed by atoms with van der Waals surface area (Å²) in [5.41, 5.74) is 0.692. The molecule has 3 aliphatic rings. The van der Waals surface area contributed by atoms with E-state index in [2.05, 4.69) is 11.0 Å². The number of carboxylic acids is 1. The lowest BCUT2D eigenvalue weighted by atomic mass is 9.81. The van der Waals surface area contributed by atoms with E-state index in [1.165, 1.54) is 0 Å². The fourth-order valence-corrected chi connectivity index (χ4v) is 4.36. The summed E-state index contributed by atoms with van der Waals surface area (Å²) < 4.78 is 0. The third-order valence-corrected chi connectivity index (χ3v) is 5.88. The van der Waals surface area contributed by atoms with E-state index in [1.807, 2.05) is 18.2 Å². The van der Waals surface area contributed by atoms with Gasteiger partial charge in [-0.05, 0) is 24.5 Å². The smallest absolute Gasteiger partial charge is 0.313 e. The minimum absolute atomic E-state index is 0.0399. The molecule has 6 heteroatoms. The number of carbonyl (C=O) groups excluding carboxylic acids is 1. The highest BCUT2D eigenvalue weighted by Crippen LogP contribution is 2.45. The number of carbonyl (C=O) groups is 2. The lowest BCUT2D eigenvalue weighted by Gasteiger charge is -2.25. The number of likely N-dealkylation sites (tertiary alicyclic amines) is 2. The first-order valence-corrected chi connectivity index (χ1v) is 8.76. The molecule has 6 nitrogen and oxygen atoms in total. The molecule has 130 valence electrons. The number of carboxylic acid groups (broad SMARTS) is 1. The molecule has 1 saturated carbocycles. The minimum Gasteiger partial charge on any atom is -0.481 e. The van der Waals surface area contributed by atoms with Gasteiger partial charge < -0.3 is 10.0 Å². The molecule has 1 amide bonds. The standard InChI is InChI=1S/C19H21N3O3/c20-7-14-3-1-2-4-15(14)8-21-9-16-10-22(17(23)13-5-6-13)12-19(16,11-21)18(24)25/h1-4,13,16H,5-6,8-12H2,(H,24,25)/t16-,19-/m1/s1. The zero-order chi connectivity index (χ0) is 17.6. The van der Waals surface area contributed by atoms with Crippen LogP contribution in [0.2, 0.25) is 0 Å². The Morgan fingerprint density at radius 1 is 1.24 bits per heavy atom. The third kappa shape index (κ3) is 2.69. The Morgan fingerprint density at radius 2 is 2.00 bits per heavy atom. The van der Waals surface area contributed by atoms with E-state index in [0.717, 1.165) is 18.4 Å². The van der Waals surface area contributed by atoms with Gasteiger partial charge in [0.25, 0.3) is 0 Å². The Morgan fingerprint density at radius 3 is 2.64 bits per heavy atom. The van der Waals surface area contributed by atoms with Gasteiger partial charge in [-0.25, -0.2) is 0 Å². The average Bonchev–Trinajstić information content (AvgIpc) is 3.29. The maximum absolute atomic E-state index is 12.3. The van der Waals surface area contributed by atoms with E-state index in [1.54, 1.807) is 11.0 Å². The SMILES string of the molecule is N#Cc1ccccc1CN1C[C@@H]2CN(C(=O)C3CC3)C[C@]2(C(=O)O)C1. The molecule has 0 unspecified atom stereocenters. The molecule has 0 spiro atoms. The quantitative estimate of drug-likeness (QED) is 0.894. The lowest BCUT2D eigenvalue weighted by molar-refractivity contribution is -0.149. The number of rotatable bonds is 4. The Kier molecular flexibility index (Phi) is 3.77. The third-order valence-electron chi connectivity index (χ3n) is 5.88. The second-order valence-corrected chi connectivity index (χ2v) is 7.59. The molecule has 2 atom stereocenters. The van der Waals surface area contributed by atoms with Crippen molar-refractivity contribution >= 4 is 11.9 Å². The number of fused-ring (bicyclic) bond motifs is 1. The van der Waals surface area contributed by atoms with Crippen LogP contribution in [0.25, 0.3) is 0 Å². The molecule has 25 heavy (non-hydrogen) atoms. The highest BCUT2D eigenvalue weighted by Gasteiger charge is 2.59. The normalized spacial score (nSPS) is 28.6. The van der Waals surface area contributed by atoms with E-state index in [0.29, 0.717) is 38.3 Å². The van der Waals surface area contributed by atoms with Crippen LogP contribution in [0.1, 0.15) is 24.0 Å². The summed E-state index contributed by atoms with van der Waals surface area (Å²) in [6.07, 6.45) is 1.88. The van der Waals surface area contributed by atoms with Gasteiger partial charge in [0, 0.05) is 44.6 Å². The highest BCUT2D eigenvalue weighted by molar-refractivity contribution is 5.84. The predicted molar refractivity (Wildman–Crippen MR) is 89.3 cm³/mol. The van der Waals surface area contributed by atoms with Gasteiger partial charge in [0.15, 0.2) is 0 Å². The van der Waals surface area contributed by atoms with Crippen molar-refractivity contribution < 1.29 is 14.7 Å². The van der Waals surface area contributed by atoms with Crippen LogP contribution in [0.3, 0.4) is 0 Å². The molecule has 0 bridgehead atoms. The van der Waals surface area contributed by atoms with Gasteiger partial charge in [-0.3, -0.25) is 14.5 Å². The summed E-state index contributed by atoms with van der Waals surface area (Å²) in [6.45, 7) is 2.52. The zero-order valence-electron chi connectivity index (χ0n) is 14.0. The number of benzene rings is 1. The van der Waals surface area contributed by atoms with Crippen LogP contribution in [0.4, 0.5) is 0 Å². The van der Waals surface area contributed by atoms with Crippen molar-refractivity contribution in [3.63, 3.8) is 0 Å². The van der Waals surface area contributed by atoms with Crippen molar-refractivity contribution in [3.05, 3.63) is 35.4 Å². The molecular weight excluding hydrogens is 318 g/mol. The highest BCUT2D eigenvalue weighted by atomic mass is 16.4. The van der Waals surface area contributed by atoms with Crippen LogP contribution < -0.4 is 0 Å². The maximum atomic E-state index is 12.3. The van der Waals surface area contributed by atoms with Crippen LogP contribution in [-0.4, -0.2) is 53.0 Å². The summed E-state index contributed by atoms with van der Waals surface area (Å²) in [5.74, 6) is -0.582. The Hall–Kier alpha value is -2.39. The number of aliphatic carboxylic acids is 1. The molecule has 3 fully saturated rings. The summed E-state index contributed by atoms with van der Waals surface area (Å²) >= 11 is 0. The fraction of sp³-hybridized carbons (Fsp3) is 0.526. The van der Waals surface area contributed by atoms with Gasteiger partial charge in [0.05, 0.1) is 11.6 Å². The number of hydrogen-bond donors (Lipinski definition) is 1. The fourth-order valence-electron chi connectivity index (χ4n) is 4.36. The molecule has 1 aromatic carbocycles. The zero-order valence-corrected chi connectivity index (χ0v) is 14.0. The monoisotopic (exact) mass is 339 g/mol. The van der Waals surface area contributed by atoms with Crippen molar-refractivity contribution in [2.24, 2.45) is 17.3 Å². The van der Waals surface area contributed by atoms with Gasteiger partial charge in [0.1, 0.15) is 5.41 Å². The number of nitrogens with zero attached hydrogens (tertiary/aromatic N) is 3. The van der Waals surface area contributed by atoms with Gasteiger partial charge in [-0.1, -0.05) is 18.2 Å². The summed E-state index contributed by atoms with van der Waals surface area (Å²) in [6, 6.07) is 9.64. The summed E-state index contributed by atoms with van der Waals surface area (Å²) in [5, 5.41) is 19.1. The molecule has 2 aliphatic heterocycles. The van der Waals surface area contributed by atoms with Gasteiger partial charge in [0.2, 0.25) is 5.91 Å². The number of amides is 1. The second-order valence-electron chi connectivity index (χ2n) is 7.59. The molecule has 1 N–H and O–H groups in total. The number of hydrogen-bond acceptors (Lipinski definition) is 4. The molecular formula is C19H21N3O3. The molecule has 2 saturated heterocycles. The molecule has 4 rings (SSSR count). The largest absolute Gasteiger partial charge is 0.481 e. The molecule has 2 heterocycles. The van der Waals surface area contributed by atoms with Gasteiger partial charge in [-0.2, -0.15) is 5.26 Å². The van der Waals surface area contributed by atoms with Gasteiger partial charge in [-0.15, -0.1) is 0 Å². The first-order chi connectivity index (χ1) is 12.0. The van der Waals surface area contributed by atoms with Crippen molar-refractivity contribution in [3.8, 4) is 6.07 Å². The topological polar surface area (TPSA) is 84.6 Å². The molecule has 1 aromatic rings. The van der Waals surface area contributed by atoms with Gasteiger partial charge >= 0.3 is 5.97 Å². The Bertz CT molecular complexity index is 767. The first kappa shape index (κ1) is 16.1. The second kappa shape index (κ2) is 5.85. The van der Waals surface area contributed by atoms with Crippen LogP contribution in [0.5, 0.6) is 0 Å². The van der Waals surface area contributed by atoms with Crippen molar-refractivity contribution in [1.82, 2.24) is 9.80 Å². The molecule has 1 aliphatic carbocycles.